The lowest BCUT2D eigenvalue weighted by Gasteiger charge is -2.37. The van der Waals surface area contributed by atoms with E-state index in [0.717, 1.165) is 34.5 Å². The Morgan fingerprint density at radius 3 is 2.64 bits per heavy atom. The second-order valence-electron chi connectivity index (χ2n) is 8.91. The molecule has 33 heavy (non-hydrogen) atoms. The fourth-order valence-electron chi connectivity index (χ4n) is 4.92. The first-order chi connectivity index (χ1) is 15.9. The van der Waals surface area contributed by atoms with E-state index in [2.05, 4.69) is 34.3 Å². The van der Waals surface area contributed by atoms with E-state index in [1.54, 1.807) is 19.2 Å². The molecule has 3 unspecified atom stereocenters. The molecule has 0 aromatic heterocycles. The van der Waals surface area contributed by atoms with Crippen molar-refractivity contribution < 1.29 is 13.2 Å². The fourth-order valence-corrected chi connectivity index (χ4v) is 6.01. The number of hydrogen-bond donors (Lipinski definition) is 2. The van der Waals surface area contributed by atoms with Gasteiger partial charge in [-0.25, -0.2) is 8.42 Å². The summed E-state index contributed by atoms with van der Waals surface area (Å²) >= 11 is 0. The first-order valence-corrected chi connectivity index (χ1v) is 12.7. The lowest BCUT2D eigenvalue weighted by molar-refractivity contribution is 0.406. The van der Waals surface area contributed by atoms with Gasteiger partial charge in [-0.05, 0) is 90.9 Å². The number of fused-ring (bicyclic) bond motifs is 3. The highest BCUT2D eigenvalue weighted by Crippen LogP contribution is 2.50. The zero-order chi connectivity index (χ0) is 23.2. The zero-order valence-corrected chi connectivity index (χ0v) is 19.8. The van der Waals surface area contributed by atoms with Crippen LogP contribution in [0.1, 0.15) is 40.6 Å². The van der Waals surface area contributed by atoms with E-state index in [-0.39, 0.29) is 16.9 Å². The van der Waals surface area contributed by atoms with Crippen LogP contribution in [0.3, 0.4) is 0 Å². The van der Waals surface area contributed by atoms with Crippen LogP contribution in [0.5, 0.6) is 5.75 Å². The number of methoxy groups -OCH3 is 1. The second-order valence-corrected chi connectivity index (χ2v) is 10.6. The maximum atomic E-state index is 13.2. The minimum Gasteiger partial charge on any atom is -0.497 e. The number of anilines is 2. The zero-order valence-electron chi connectivity index (χ0n) is 19.0. The summed E-state index contributed by atoms with van der Waals surface area (Å²) in [4.78, 5) is 0.278. The van der Waals surface area contributed by atoms with Gasteiger partial charge in [-0.1, -0.05) is 30.4 Å². The normalized spacial score (nSPS) is 21.1. The van der Waals surface area contributed by atoms with E-state index in [9.17, 15) is 8.42 Å². The molecule has 3 aromatic rings. The number of hydrogen-bond acceptors (Lipinski definition) is 4. The Balaban J connectivity index is 1.48. The molecule has 0 fully saturated rings. The number of nitrogens with one attached hydrogen (secondary N) is 2. The van der Waals surface area contributed by atoms with Gasteiger partial charge in [0.05, 0.1) is 18.0 Å². The Hall–Kier alpha value is -3.25. The number of sulfonamides is 1. The molecule has 0 spiro atoms. The molecule has 2 aliphatic rings. The largest absolute Gasteiger partial charge is 0.497 e. The second kappa shape index (κ2) is 8.27. The van der Waals surface area contributed by atoms with Crippen molar-refractivity contribution in [2.45, 2.75) is 37.1 Å². The first-order valence-electron chi connectivity index (χ1n) is 11.2. The quantitative estimate of drug-likeness (QED) is 0.463. The monoisotopic (exact) mass is 460 g/mol. The average molecular weight is 461 g/mol. The molecule has 1 aliphatic heterocycles. The van der Waals surface area contributed by atoms with Crippen LogP contribution in [0.15, 0.2) is 77.7 Å². The van der Waals surface area contributed by atoms with E-state index in [1.165, 1.54) is 5.56 Å². The summed E-state index contributed by atoms with van der Waals surface area (Å²) < 4.78 is 34.5. The summed E-state index contributed by atoms with van der Waals surface area (Å²) in [5.74, 6) is 1.31. The Morgan fingerprint density at radius 2 is 1.85 bits per heavy atom. The summed E-state index contributed by atoms with van der Waals surface area (Å²) in [6.07, 6.45) is 5.36. The summed E-state index contributed by atoms with van der Waals surface area (Å²) in [5, 5.41) is 3.67. The Bertz CT molecular complexity index is 1350. The van der Waals surface area contributed by atoms with E-state index in [1.807, 2.05) is 50.2 Å². The van der Waals surface area contributed by atoms with Gasteiger partial charge in [-0.3, -0.25) is 4.72 Å². The minimum atomic E-state index is -3.70. The molecule has 0 saturated heterocycles. The van der Waals surface area contributed by atoms with Crippen molar-refractivity contribution in [3.8, 4) is 5.75 Å². The van der Waals surface area contributed by atoms with E-state index >= 15 is 0 Å². The average Bonchev–Trinajstić information content (AvgIpc) is 3.31. The molecule has 1 aliphatic carbocycles. The molecular weight excluding hydrogens is 432 g/mol. The van der Waals surface area contributed by atoms with Crippen LogP contribution in [-0.2, 0) is 10.0 Å². The number of rotatable bonds is 5. The predicted molar refractivity (Wildman–Crippen MR) is 133 cm³/mol. The standard InChI is InChI=1S/C27H28N2O3S/c1-17-10-11-20(14-18(17)2)29-33(30,31)22-12-13-26-25(16-22)23-8-5-9-24(23)27(28-26)19-6-4-7-21(15-19)32-3/h4-8,10-16,23-24,27-29H,9H2,1-3H3. The highest BCUT2D eigenvalue weighted by atomic mass is 32.2. The number of benzene rings is 3. The molecule has 0 bridgehead atoms. The molecule has 0 radical (unpaired) electrons. The molecule has 6 heteroatoms. The van der Waals surface area contributed by atoms with Crippen molar-refractivity contribution in [2.75, 3.05) is 17.1 Å². The van der Waals surface area contributed by atoms with Gasteiger partial charge in [0.15, 0.2) is 0 Å². The van der Waals surface area contributed by atoms with Crippen LogP contribution >= 0.6 is 0 Å². The fraction of sp³-hybridized carbons (Fsp3) is 0.259. The molecule has 1 heterocycles. The lowest BCUT2D eigenvalue weighted by atomic mass is 9.77. The maximum absolute atomic E-state index is 13.2. The van der Waals surface area contributed by atoms with Crippen molar-refractivity contribution in [1.82, 2.24) is 0 Å². The first kappa shape index (κ1) is 21.6. The SMILES string of the molecule is COc1cccc(C2Nc3ccc(S(=O)(=O)Nc4ccc(C)c(C)c4)cc3C3C=CCC32)c1. The summed E-state index contributed by atoms with van der Waals surface area (Å²) in [5.41, 5.74) is 5.92. The Morgan fingerprint density at radius 1 is 1.00 bits per heavy atom. The highest BCUT2D eigenvalue weighted by Gasteiger charge is 2.38. The van der Waals surface area contributed by atoms with E-state index in [4.69, 9.17) is 4.74 Å². The van der Waals surface area contributed by atoms with Crippen LogP contribution in [0.25, 0.3) is 0 Å². The van der Waals surface area contributed by atoms with Gasteiger partial charge in [0.25, 0.3) is 10.0 Å². The third kappa shape index (κ3) is 4.00. The molecule has 170 valence electrons. The molecule has 2 N–H and O–H groups in total. The number of aryl methyl sites for hydroxylation is 2. The number of allylic oxidation sites excluding steroid dienone is 2. The van der Waals surface area contributed by atoms with E-state index < -0.39 is 10.0 Å². The van der Waals surface area contributed by atoms with Crippen LogP contribution in [0.2, 0.25) is 0 Å². The van der Waals surface area contributed by atoms with Gasteiger partial charge in [-0.2, -0.15) is 0 Å². The molecule has 5 rings (SSSR count). The van der Waals surface area contributed by atoms with Crippen molar-refractivity contribution in [3.63, 3.8) is 0 Å². The van der Waals surface area contributed by atoms with E-state index in [0.29, 0.717) is 11.6 Å². The van der Waals surface area contributed by atoms with Gasteiger partial charge in [0, 0.05) is 17.3 Å². The lowest BCUT2D eigenvalue weighted by Crippen LogP contribution is -2.29. The predicted octanol–water partition coefficient (Wildman–Crippen LogP) is 5.94. The van der Waals surface area contributed by atoms with Crippen LogP contribution < -0.4 is 14.8 Å². The Labute approximate surface area is 195 Å². The minimum absolute atomic E-state index is 0.128. The molecule has 0 saturated carbocycles. The summed E-state index contributed by atoms with van der Waals surface area (Å²) in [6.45, 7) is 3.98. The highest BCUT2D eigenvalue weighted by molar-refractivity contribution is 7.92. The molecule has 5 nitrogen and oxygen atoms in total. The summed E-state index contributed by atoms with van der Waals surface area (Å²) in [6, 6.07) is 19.3. The van der Waals surface area contributed by atoms with Crippen molar-refractivity contribution in [3.05, 3.63) is 95.1 Å². The molecule has 0 amide bonds. The van der Waals surface area contributed by atoms with Crippen molar-refractivity contribution in [2.24, 2.45) is 5.92 Å². The van der Waals surface area contributed by atoms with Gasteiger partial charge in [0.1, 0.15) is 5.75 Å². The Kier molecular flexibility index (Phi) is 5.41. The van der Waals surface area contributed by atoms with Crippen LogP contribution in [-0.4, -0.2) is 15.5 Å². The van der Waals surface area contributed by atoms with Crippen LogP contribution in [0.4, 0.5) is 11.4 Å². The van der Waals surface area contributed by atoms with Gasteiger partial charge in [-0.15, -0.1) is 0 Å². The third-order valence-electron chi connectivity index (χ3n) is 6.86. The number of ether oxygens (including phenoxy) is 1. The van der Waals surface area contributed by atoms with Gasteiger partial charge in [0.2, 0.25) is 0 Å². The molecule has 3 atom stereocenters. The molecular formula is C27H28N2O3S. The third-order valence-corrected chi connectivity index (χ3v) is 8.24. The van der Waals surface area contributed by atoms with Crippen molar-refractivity contribution in [1.29, 1.82) is 0 Å². The maximum Gasteiger partial charge on any atom is 0.261 e. The topological polar surface area (TPSA) is 67.4 Å². The van der Waals surface area contributed by atoms with Gasteiger partial charge < -0.3 is 10.1 Å². The smallest absolute Gasteiger partial charge is 0.261 e. The van der Waals surface area contributed by atoms with Crippen LogP contribution in [0, 0.1) is 19.8 Å². The van der Waals surface area contributed by atoms with Gasteiger partial charge >= 0.3 is 0 Å². The van der Waals surface area contributed by atoms with Crippen molar-refractivity contribution >= 4 is 21.4 Å². The summed E-state index contributed by atoms with van der Waals surface area (Å²) in [7, 11) is -2.02. The molecule has 3 aromatic carbocycles.